The van der Waals surface area contributed by atoms with Crippen molar-refractivity contribution in [2.75, 3.05) is 6.61 Å². The average Bonchev–Trinajstić information content (AvgIpc) is 2.71. The van der Waals surface area contributed by atoms with Crippen LogP contribution in [0.1, 0.15) is 25.1 Å². The molecule has 21 heavy (non-hydrogen) atoms. The number of halogens is 1. The molecule has 5 heteroatoms. The van der Waals surface area contributed by atoms with Crippen LogP contribution in [0.4, 0.5) is 0 Å². The molecule has 2 heterocycles. The van der Waals surface area contributed by atoms with Gasteiger partial charge in [-0.05, 0) is 31.0 Å². The molecular formula is C16H17ClN2O2. The van der Waals surface area contributed by atoms with Crippen molar-refractivity contribution in [3.8, 4) is 5.75 Å². The van der Waals surface area contributed by atoms with Crippen molar-refractivity contribution in [2.24, 2.45) is 0 Å². The summed E-state index contributed by atoms with van der Waals surface area (Å²) >= 11 is 5.69. The topological polar surface area (TPSA) is 44.1 Å². The predicted octanol–water partition coefficient (Wildman–Crippen LogP) is 3.25. The zero-order chi connectivity index (χ0) is 14.8. The van der Waals surface area contributed by atoms with Gasteiger partial charge in [-0.1, -0.05) is 24.6 Å². The third kappa shape index (κ3) is 2.95. The summed E-state index contributed by atoms with van der Waals surface area (Å²) in [5.74, 6) is 1.50. The Balaban J connectivity index is 2.06. The standard InChI is InChI=1S/C16H17ClN2O2/c1-11(17)10-21-12-6-7-14-13(9-12)16(20)19-8-4-2-3-5-15(19)18-14/h6-7,9H,1-5,8,10H2. The van der Waals surface area contributed by atoms with E-state index in [1.54, 1.807) is 10.6 Å². The highest BCUT2D eigenvalue weighted by molar-refractivity contribution is 6.29. The lowest BCUT2D eigenvalue weighted by Crippen LogP contribution is -2.24. The van der Waals surface area contributed by atoms with Crippen molar-refractivity contribution < 1.29 is 4.74 Å². The highest BCUT2D eigenvalue weighted by Gasteiger charge is 2.14. The fourth-order valence-corrected chi connectivity index (χ4v) is 2.70. The molecule has 1 aromatic heterocycles. The maximum Gasteiger partial charge on any atom is 0.261 e. The quantitative estimate of drug-likeness (QED) is 0.874. The van der Waals surface area contributed by atoms with Crippen LogP contribution < -0.4 is 10.3 Å². The Bertz CT molecular complexity index is 752. The van der Waals surface area contributed by atoms with Gasteiger partial charge in [-0.25, -0.2) is 4.98 Å². The predicted molar refractivity (Wildman–Crippen MR) is 84.0 cm³/mol. The van der Waals surface area contributed by atoms with Gasteiger partial charge in [-0.2, -0.15) is 0 Å². The fraction of sp³-hybridized carbons (Fsp3) is 0.375. The van der Waals surface area contributed by atoms with E-state index in [-0.39, 0.29) is 12.2 Å². The van der Waals surface area contributed by atoms with E-state index >= 15 is 0 Å². The van der Waals surface area contributed by atoms with Crippen LogP contribution in [0.2, 0.25) is 0 Å². The number of aryl methyl sites for hydroxylation is 1. The summed E-state index contributed by atoms with van der Waals surface area (Å²) in [5.41, 5.74) is 0.747. The van der Waals surface area contributed by atoms with E-state index in [0.29, 0.717) is 16.2 Å². The summed E-state index contributed by atoms with van der Waals surface area (Å²) in [5, 5.41) is 1.02. The van der Waals surface area contributed by atoms with Crippen LogP contribution >= 0.6 is 11.6 Å². The first-order valence-electron chi connectivity index (χ1n) is 7.15. The van der Waals surface area contributed by atoms with Gasteiger partial charge in [0.2, 0.25) is 0 Å². The van der Waals surface area contributed by atoms with Crippen LogP contribution in [0.25, 0.3) is 10.9 Å². The third-order valence-electron chi connectivity index (χ3n) is 3.68. The lowest BCUT2D eigenvalue weighted by Gasteiger charge is -2.11. The molecule has 3 rings (SSSR count). The molecule has 1 aliphatic heterocycles. The Morgan fingerprint density at radius 2 is 2.24 bits per heavy atom. The van der Waals surface area contributed by atoms with Crippen molar-refractivity contribution in [3.63, 3.8) is 0 Å². The molecule has 0 N–H and O–H groups in total. The molecular weight excluding hydrogens is 288 g/mol. The molecule has 1 aromatic carbocycles. The Morgan fingerprint density at radius 1 is 1.38 bits per heavy atom. The van der Waals surface area contributed by atoms with Crippen LogP contribution in [0.3, 0.4) is 0 Å². The molecule has 0 bridgehead atoms. The van der Waals surface area contributed by atoms with Crippen LogP contribution in [-0.4, -0.2) is 16.2 Å². The number of benzene rings is 1. The van der Waals surface area contributed by atoms with Gasteiger partial charge in [-0.3, -0.25) is 9.36 Å². The molecule has 0 unspecified atom stereocenters. The van der Waals surface area contributed by atoms with Crippen molar-refractivity contribution in [1.29, 1.82) is 0 Å². The van der Waals surface area contributed by atoms with Gasteiger partial charge < -0.3 is 4.74 Å². The van der Waals surface area contributed by atoms with Crippen LogP contribution in [0.15, 0.2) is 34.6 Å². The van der Waals surface area contributed by atoms with E-state index in [0.717, 1.165) is 43.6 Å². The zero-order valence-corrected chi connectivity index (χ0v) is 12.5. The van der Waals surface area contributed by atoms with Gasteiger partial charge in [0, 0.05) is 18.0 Å². The van der Waals surface area contributed by atoms with E-state index < -0.39 is 0 Å². The SMILES string of the molecule is C=C(Cl)COc1ccc2nc3n(c(=O)c2c1)CCCCC3. The lowest BCUT2D eigenvalue weighted by molar-refractivity contribution is 0.360. The van der Waals surface area contributed by atoms with Gasteiger partial charge in [0.1, 0.15) is 18.2 Å². The molecule has 2 aromatic rings. The number of hydrogen-bond acceptors (Lipinski definition) is 3. The molecule has 0 saturated heterocycles. The second-order valence-corrected chi connectivity index (χ2v) is 5.81. The van der Waals surface area contributed by atoms with Gasteiger partial charge in [0.05, 0.1) is 10.9 Å². The van der Waals surface area contributed by atoms with Crippen molar-refractivity contribution in [1.82, 2.24) is 9.55 Å². The van der Waals surface area contributed by atoms with E-state index in [9.17, 15) is 4.79 Å². The number of nitrogens with zero attached hydrogens (tertiary/aromatic N) is 2. The molecule has 0 fully saturated rings. The minimum Gasteiger partial charge on any atom is -0.488 e. The summed E-state index contributed by atoms with van der Waals surface area (Å²) in [4.78, 5) is 17.3. The van der Waals surface area contributed by atoms with Crippen molar-refractivity contribution in [3.05, 3.63) is 46.0 Å². The first kappa shape index (κ1) is 14.1. The van der Waals surface area contributed by atoms with Crippen LogP contribution in [0.5, 0.6) is 5.75 Å². The molecule has 0 saturated carbocycles. The van der Waals surface area contributed by atoms with Crippen LogP contribution in [0, 0.1) is 0 Å². The molecule has 110 valence electrons. The monoisotopic (exact) mass is 304 g/mol. The second-order valence-electron chi connectivity index (χ2n) is 5.28. The fourth-order valence-electron chi connectivity index (χ4n) is 2.65. The summed E-state index contributed by atoms with van der Waals surface area (Å²) in [7, 11) is 0. The molecule has 0 atom stereocenters. The molecule has 0 aliphatic carbocycles. The number of hydrogen-bond donors (Lipinski definition) is 0. The van der Waals surface area contributed by atoms with Crippen molar-refractivity contribution in [2.45, 2.75) is 32.2 Å². The Kier molecular flexibility index (Phi) is 3.97. The molecule has 4 nitrogen and oxygen atoms in total. The maximum atomic E-state index is 12.6. The van der Waals surface area contributed by atoms with E-state index in [4.69, 9.17) is 16.3 Å². The van der Waals surface area contributed by atoms with Gasteiger partial charge in [0.25, 0.3) is 5.56 Å². The van der Waals surface area contributed by atoms with E-state index in [1.165, 1.54) is 0 Å². The number of ether oxygens (including phenoxy) is 1. The Morgan fingerprint density at radius 3 is 3.05 bits per heavy atom. The number of aromatic nitrogens is 2. The highest BCUT2D eigenvalue weighted by Crippen LogP contribution is 2.20. The van der Waals surface area contributed by atoms with Gasteiger partial charge in [-0.15, -0.1) is 0 Å². The van der Waals surface area contributed by atoms with Gasteiger partial charge >= 0.3 is 0 Å². The summed E-state index contributed by atoms with van der Waals surface area (Å²) in [6, 6.07) is 5.37. The summed E-state index contributed by atoms with van der Waals surface area (Å²) in [6.07, 6.45) is 4.14. The molecule has 1 aliphatic rings. The van der Waals surface area contributed by atoms with Crippen molar-refractivity contribution >= 4 is 22.5 Å². The minimum absolute atomic E-state index is 0.0204. The average molecular weight is 305 g/mol. The van der Waals surface area contributed by atoms with Crippen LogP contribution in [-0.2, 0) is 13.0 Å². The molecule has 0 amide bonds. The van der Waals surface area contributed by atoms with E-state index in [1.807, 2.05) is 12.1 Å². The summed E-state index contributed by atoms with van der Waals surface area (Å²) in [6.45, 7) is 4.56. The first-order valence-corrected chi connectivity index (χ1v) is 7.52. The summed E-state index contributed by atoms with van der Waals surface area (Å²) < 4.78 is 7.30. The highest BCUT2D eigenvalue weighted by atomic mass is 35.5. The third-order valence-corrected chi connectivity index (χ3v) is 3.79. The zero-order valence-electron chi connectivity index (χ0n) is 11.8. The maximum absolute atomic E-state index is 12.6. The molecule has 0 radical (unpaired) electrons. The minimum atomic E-state index is 0.0204. The van der Waals surface area contributed by atoms with Gasteiger partial charge in [0.15, 0.2) is 0 Å². The second kappa shape index (κ2) is 5.90. The number of rotatable bonds is 3. The normalized spacial score (nSPS) is 14.5. The molecule has 0 spiro atoms. The number of fused-ring (bicyclic) bond motifs is 2. The lowest BCUT2D eigenvalue weighted by atomic mass is 10.2. The Labute approximate surface area is 128 Å². The largest absolute Gasteiger partial charge is 0.488 e. The first-order chi connectivity index (χ1) is 10.1. The smallest absolute Gasteiger partial charge is 0.261 e. The Hall–Kier alpha value is -1.81. The van der Waals surface area contributed by atoms with E-state index in [2.05, 4.69) is 11.6 Å².